The van der Waals surface area contributed by atoms with E-state index in [0.717, 1.165) is 29.0 Å². The summed E-state index contributed by atoms with van der Waals surface area (Å²) in [4.78, 5) is 4.57. The summed E-state index contributed by atoms with van der Waals surface area (Å²) in [6.07, 6.45) is 0.921. The van der Waals surface area contributed by atoms with Gasteiger partial charge in [0, 0.05) is 16.0 Å². The van der Waals surface area contributed by atoms with Crippen LogP contribution in [0.1, 0.15) is 23.6 Å². The fourth-order valence-electron chi connectivity index (χ4n) is 3.04. The molecule has 0 fully saturated rings. The standard InChI is InChI=1S/C24H19Cl2N3S/c1-16(19-9-7-18(8-10-19)13-17-5-3-2-4-6-17)28-29-24-27-23(15-30-24)21-12-11-20(25)14-22(21)26/h2-12,14-15H,13H2,1H3,(H,27,29). The normalized spacial score (nSPS) is 11.5. The Balaban J connectivity index is 1.42. The highest BCUT2D eigenvalue weighted by atomic mass is 35.5. The van der Waals surface area contributed by atoms with Crippen molar-refractivity contribution < 1.29 is 0 Å². The predicted molar refractivity (Wildman–Crippen MR) is 129 cm³/mol. The molecule has 0 unspecified atom stereocenters. The minimum absolute atomic E-state index is 0.578. The number of hydrogen-bond donors (Lipinski definition) is 1. The summed E-state index contributed by atoms with van der Waals surface area (Å²) in [5.41, 5.74) is 9.22. The summed E-state index contributed by atoms with van der Waals surface area (Å²) in [5, 5.41) is 8.31. The number of hydrogen-bond acceptors (Lipinski definition) is 4. The molecule has 0 spiro atoms. The van der Waals surface area contributed by atoms with Crippen molar-refractivity contribution in [1.82, 2.24) is 4.98 Å². The summed E-state index contributed by atoms with van der Waals surface area (Å²) in [5.74, 6) is 0. The van der Waals surface area contributed by atoms with Gasteiger partial charge in [-0.3, -0.25) is 5.43 Å². The van der Waals surface area contributed by atoms with Crippen LogP contribution >= 0.6 is 34.5 Å². The molecule has 4 rings (SSSR count). The van der Waals surface area contributed by atoms with Gasteiger partial charge < -0.3 is 0 Å². The Bertz CT molecular complexity index is 1170. The van der Waals surface area contributed by atoms with E-state index in [1.54, 1.807) is 12.1 Å². The largest absolute Gasteiger partial charge is 0.252 e. The minimum Gasteiger partial charge on any atom is -0.252 e. The molecule has 0 saturated heterocycles. The number of aromatic nitrogens is 1. The van der Waals surface area contributed by atoms with Crippen LogP contribution in [0.5, 0.6) is 0 Å². The maximum Gasteiger partial charge on any atom is 0.203 e. The molecule has 1 aromatic heterocycles. The molecule has 0 aliphatic carbocycles. The van der Waals surface area contributed by atoms with Crippen LogP contribution in [-0.2, 0) is 6.42 Å². The van der Waals surface area contributed by atoms with Gasteiger partial charge in [-0.15, -0.1) is 11.3 Å². The Morgan fingerprint density at radius 2 is 1.70 bits per heavy atom. The molecule has 0 saturated carbocycles. The number of rotatable bonds is 6. The maximum atomic E-state index is 6.28. The molecule has 1 heterocycles. The van der Waals surface area contributed by atoms with E-state index in [2.05, 4.69) is 64.0 Å². The van der Waals surface area contributed by atoms with E-state index in [9.17, 15) is 0 Å². The molecule has 0 atom stereocenters. The van der Waals surface area contributed by atoms with Gasteiger partial charge in [-0.1, -0.05) is 77.8 Å². The third-order valence-electron chi connectivity index (χ3n) is 4.65. The highest BCUT2D eigenvalue weighted by Crippen LogP contribution is 2.32. The van der Waals surface area contributed by atoms with Crippen molar-refractivity contribution in [2.24, 2.45) is 5.10 Å². The maximum absolute atomic E-state index is 6.28. The first-order valence-electron chi connectivity index (χ1n) is 9.43. The van der Waals surface area contributed by atoms with Crippen LogP contribution in [0, 0.1) is 0 Å². The fourth-order valence-corrected chi connectivity index (χ4v) is 4.20. The van der Waals surface area contributed by atoms with Gasteiger partial charge in [0.25, 0.3) is 0 Å². The lowest BCUT2D eigenvalue weighted by Gasteiger charge is -2.05. The number of thiazole rings is 1. The quantitative estimate of drug-likeness (QED) is 0.242. The lowest BCUT2D eigenvalue weighted by atomic mass is 10.0. The molecular weight excluding hydrogens is 433 g/mol. The Kier molecular flexibility index (Phi) is 6.48. The van der Waals surface area contributed by atoms with E-state index in [1.807, 2.05) is 24.4 Å². The zero-order valence-electron chi connectivity index (χ0n) is 16.3. The molecular formula is C24H19Cl2N3S. The smallest absolute Gasteiger partial charge is 0.203 e. The topological polar surface area (TPSA) is 37.3 Å². The molecule has 0 amide bonds. The van der Waals surface area contributed by atoms with Gasteiger partial charge in [-0.25, -0.2) is 4.98 Å². The molecule has 150 valence electrons. The SMILES string of the molecule is CC(=NNc1nc(-c2ccc(Cl)cc2Cl)cs1)c1ccc(Cc2ccccc2)cc1. The molecule has 0 radical (unpaired) electrons. The van der Waals surface area contributed by atoms with Crippen LogP contribution in [0.2, 0.25) is 10.0 Å². The van der Waals surface area contributed by atoms with Gasteiger partial charge >= 0.3 is 0 Å². The van der Waals surface area contributed by atoms with Gasteiger partial charge in [0.2, 0.25) is 5.13 Å². The first-order chi connectivity index (χ1) is 14.6. The highest BCUT2D eigenvalue weighted by molar-refractivity contribution is 7.14. The Morgan fingerprint density at radius 1 is 0.967 bits per heavy atom. The average molecular weight is 452 g/mol. The monoisotopic (exact) mass is 451 g/mol. The highest BCUT2D eigenvalue weighted by Gasteiger charge is 2.09. The number of anilines is 1. The molecule has 1 N–H and O–H groups in total. The van der Waals surface area contributed by atoms with Gasteiger partial charge in [0.05, 0.1) is 16.4 Å². The third kappa shape index (κ3) is 5.08. The Morgan fingerprint density at radius 3 is 2.43 bits per heavy atom. The first kappa shape index (κ1) is 20.6. The van der Waals surface area contributed by atoms with E-state index in [0.29, 0.717) is 15.2 Å². The third-order valence-corrected chi connectivity index (χ3v) is 5.95. The van der Waals surface area contributed by atoms with E-state index in [-0.39, 0.29) is 0 Å². The second kappa shape index (κ2) is 9.43. The summed E-state index contributed by atoms with van der Waals surface area (Å²) in [6.45, 7) is 1.98. The lowest BCUT2D eigenvalue weighted by molar-refractivity contribution is 1.19. The van der Waals surface area contributed by atoms with Crippen molar-refractivity contribution in [2.75, 3.05) is 5.43 Å². The molecule has 3 nitrogen and oxygen atoms in total. The van der Waals surface area contributed by atoms with E-state index >= 15 is 0 Å². The van der Waals surface area contributed by atoms with Crippen molar-refractivity contribution in [1.29, 1.82) is 0 Å². The van der Waals surface area contributed by atoms with Crippen molar-refractivity contribution >= 4 is 45.4 Å². The van der Waals surface area contributed by atoms with Crippen LogP contribution < -0.4 is 5.43 Å². The number of halogens is 2. The molecule has 0 aliphatic rings. The average Bonchev–Trinajstić information content (AvgIpc) is 3.22. The van der Waals surface area contributed by atoms with Crippen molar-refractivity contribution in [2.45, 2.75) is 13.3 Å². The van der Waals surface area contributed by atoms with Crippen LogP contribution in [0.4, 0.5) is 5.13 Å². The van der Waals surface area contributed by atoms with Gasteiger partial charge in [0.1, 0.15) is 0 Å². The summed E-state index contributed by atoms with van der Waals surface area (Å²) < 4.78 is 0. The second-order valence-corrected chi connectivity index (χ2v) is 8.53. The summed E-state index contributed by atoms with van der Waals surface area (Å²) >= 11 is 13.7. The molecule has 3 aromatic carbocycles. The Labute approximate surface area is 190 Å². The van der Waals surface area contributed by atoms with E-state index in [4.69, 9.17) is 23.2 Å². The van der Waals surface area contributed by atoms with E-state index in [1.165, 1.54) is 22.5 Å². The van der Waals surface area contributed by atoms with Crippen molar-refractivity contribution in [3.8, 4) is 11.3 Å². The zero-order valence-corrected chi connectivity index (χ0v) is 18.6. The van der Waals surface area contributed by atoms with Crippen LogP contribution in [-0.4, -0.2) is 10.7 Å². The van der Waals surface area contributed by atoms with Gasteiger partial charge in [-0.05, 0) is 48.2 Å². The van der Waals surface area contributed by atoms with Crippen LogP contribution in [0.3, 0.4) is 0 Å². The first-order valence-corrected chi connectivity index (χ1v) is 11.1. The summed E-state index contributed by atoms with van der Waals surface area (Å²) in [6, 6.07) is 24.3. The van der Waals surface area contributed by atoms with Crippen LogP contribution in [0.15, 0.2) is 83.3 Å². The van der Waals surface area contributed by atoms with Gasteiger partial charge in [0.15, 0.2) is 0 Å². The molecule has 6 heteroatoms. The van der Waals surface area contributed by atoms with Crippen molar-refractivity contribution in [3.05, 3.63) is 105 Å². The molecule has 0 aliphatic heterocycles. The van der Waals surface area contributed by atoms with Crippen molar-refractivity contribution in [3.63, 3.8) is 0 Å². The van der Waals surface area contributed by atoms with Gasteiger partial charge in [-0.2, -0.15) is 5.10 Å². The number of hydrazone groups is 1. The number of nitrogens with one attached hydrogen (secondary N) is 1. The summed E-state index contributed by atoms with van der Waals surface area (Å²) in [7, 11) is 0. The minimum atomic E-state index is 0.578. The molecule has 0 bridgehead atoms. The second-order valence-electron chi connectivity index (χ2n) is 6.83. The fraction of sp³-hybridized carbons (Fsp3) is 0.0833. The molecule has 4 aromatic rings. The molecule has 30 heavy (non-hydrogen) atoms. The zero-order chi connectivity index (χ0) is 20.9. The predicted octanol–water partition coefficient (Wildman–Crippen LogP) is 7.54. The number of benzene rings is 3. The lowest BCUT2D eigenvalue weighted by Crippen LogP contribution is -2.00. The van der Waals surface area contributed by atoms with Crippen LogP contribution in [0.25, 0.3) is 11.3 Å². The van der Waals surface area contributed by atoms with E-state index < -0.39 is 0 Å². The Hall–Kier alpha value is -2.66. The number of nitrogens with zero attached hydrogens (tertiary/aromatic N) is 2.